The van der Waals surface area contributed by atoms with Crippen LogP contribution in [0.3, 0.4) is 0 Å². The highest BCUT2D eigenvalue weighted by Gasteiger charge is 2.33. The number of benzene rings is 3. The molecule has 8 nitrogen and oxygen atoms in total. The maximum atomic E-state index is 14.0. The van der Waals surface area contributed by atoms with Gasteiger partial charge in [0, 0.05) is 12.6 Å². The first-order chi connectivity index (χ1) is 20.7. The summed E-state index contributed by atoms with van der Waals surface area (Å²) in [6.45, 7) is 3.62. The standard InChI is InChI=1S/C33H40FN3O5S/c1-3-42-30-18-16-29(17-19-30)37(43(40,41)31-20-14-27(34)15-21-31)24-32(38)36(23-22-26-10-6-4-7-11-26)25(2)33(39)35-28-12-8-5-9-13-28/h4,6-7,10-11,14-21,25,28H,3,5,8-9,12-13,22-24H2,1-2H3,(H,35,39). The van der Waals surface area contributed by atoms with Crippen molar-refractivity contribution < 1.29 is 27.1 Å². The van der Waals surface area contributed by atoms with E-state index in [2.05, 4.69) is 5.32 Å². The van der Waals surface area contributed by atoms with Crippen LogP contribution in [0.25, 0.3) is 0 Å². The Labute approximate surface area is 253 Å². The first-order valence-electron chi connectivity index (χ1n) is 14.8. The molecule has 1 aliphatic rings. The van der Waals surface area contributed by atoms with Crippen molar-refractivity contribution in [3.8, 4) is 5.75 Å². The predicted molar refractivity (Wildman–Crippen MR) is 165 cm³/mol. The molecular formula is C33H40FN3O5S. The second-order valence-electron chi connectivity index (χ2n) is 10.7. The molecule has 0 heterocycles. The van der Waals surface area contributed by atoms with Crippen LogP contribution in [0, 0.1) is 5.82 Å². The van der Waals surface area contributed by atoms with Gasteiger partial charge in [-0.3, -0.25) is 13.9 Å². The summed E-state index contributed by atoms with van der Waals surface area (Å²) in [6, 6.07) is 19.7. The fourth-order valence-electron chi connectivity index (χ4n) is 5.28. The van der Waals surface area contributed by atoms with Gasteiger partial charge in [-0.1, -0.05) is 49.6 Å². The number of ether oxygens (including phenoxy) is 1. The smallest absolute Gasteiger partial charge is 0.264 e. The van der Waals surface area contributed by atoms with Crippen LogP contribution in [0.5, 0.6) is 5.75 Å². The monoisotopic (exact) mass is 609 g/mol. The topological polar surface area (TPSA) is 96.0 Å². The average molecular weight is 610 g/mol. The van der Waals surface area contributed by atoms with Crippen LogP contribution in [0.2, 0.25) is 0 Å². The molecule has 1 saturated carbocycles. The Balaban J connectivity index is 1.64. The van der Waals surface area contributed by atoms with Crippen molar-refractivity contribution in [2.75, 3.05) is 24.0 Å². The fourth-order valence-corrected chi connectivity index (χ4v) is 6.69. The van der Waals surface area contributed by atoms with Gasteiger partial charge in [0.2, 0.25) is 11.8 Å². The summed E-state index contributed by atoms with van der Waals surface area (Å²) in [7, 11) is -4.28. The maximum Gasteiger partial charge on any atom is 0.264 e. The lowest BCUT2D eigenvalue weighted by molar-refractivity contribution is -0.139. The van der Waals surface area contributed by atoms with Gasteiger partial charge in [-0.25, -0.2) is 12.8 Å². The molecule has 3 aromatic rings. The van der Waals surface area contributed by atoms with Crippen LogP contribution in [0.15, 0.2) is 83.8 Å². The summed E-state index contributed by atoms with van der Waals surface area (Å²) in [6.07, 6.45) is 5.53. The molecular weight excluding hydrogens is 569 g/mol. The third kappa shape index (κ3) is 8.56. The largest absolute Gasteiger partial charge is 0.494 e. The van der Waals surface area contributed by atoms with Gasteiger partial charge in [0.1, 0.15) is 24.2 Å². The van der Waals surface area contributed by atoms with Crippen molar-refractivity contribution in [1.82, 2.24) is 10.2 Å². The minimum absolute atomic E-state index is 0.0639. The summed E-state index contributed by atoms with van der Waals surface area (Å²) in [5.41, 5.74) is 1.23. The van der Waals surface area contributed by atoms with Crippen LogP contribution in [-0.2, 0) is 26.0 Å². The molecule has 230 valence electrons. The zero-order valence-corrected chi connectivity index (χ0v) is 25.6. The number of nitrogens with zero attached hydrogens (tertiary/aromatic N) is 2. The predicted octanol–water partition coefficient (Wildman–Crippen LogP) is 5.33. The van der Waals surface area contributed by atoms with E-state index >= 15 is 0 Å². The molecule has 0 bridgehead atoms. The van der Waals surface area contributed by atoms with Gasteiger partial charge in [0.15, 0.2) is 0 Å². The molecule has 1 aliphatic carbocycles. The number of carbonyl (C=O) groups excluding carboxylic acids is 2. The first-order valence-corrected chi connectivity index (χ1v) is 16.3. The van der Waals surface area contributed by atoms with E-state index in [1.54, 1.807) is 31.2 Å². The second kappa shape index (κ2) is 15.0. The minimum atomic E-state index is -4.28. The van der Waals surface area contributed by atoms with Gasteiger partial charge < -0.3 is 15.0 Å². The van der Waals surface area contributed by atoms with E-state index in [1.165, 1.54) is 17.0 Å². The maximum absolute atomic E-state index is 14.0. The summed E-state index contributed by atoms with van der Waals surface area (Å²) in [4.78, 5) is 28.7. The average Bonchev–Trinajstić information content (AvgIpc) is 3.01. The number of hydrogen-bond acceptors (Lipinski definition) is 5. The summed E-state index contributed by atoms with van der Waals surface area (Å²) in [5.74, 6) is -0.814. The third-order valence-corrected chi connectivity index (χ3v) is 9.51. The molecule has 0 radical (unpaired) electrons. The van der Waals surface area contributed by atoms with Crippen molar-refractivity contribution in [1.29, 1.82) is 0 Å². The molecule has 3 aromatic carbocycles. The molecule has 1 atom stereocenters. The lowest BCUT2D eigenvalue weighted by Crippen LogP contribution is -2.53. The summed E-state index contributed by atoms with van der Waals surface area (Å²) >= 11 is 0. The third-order valence-electron chi connectivity index (χ3n) is 7.72. The first kappa shape index (κ1) is 32.0. The van der Waals surface area contributed by atoms with Gasteiger partial charge in [-0.15, -0.1) is 0 Å². The molecule has 10 heteroatoms. The zero-order valence-electron chi connectivity index (χ0n) is 24.7. The highest BCUT2D eigenvalue weighted by atomic mass is 32.2. The van der Waals surface area contributed by atoms with E-state index in [-0.39, 0.29) is 29.1 Å². The lowest BCUT2D eigenvalue weighted by Gasteiger charge is -2.33. The van der Waals surface area contributed by atoms with E-state index in [1.807, 2.05) is 37.3 Å². The van der Waals surface area contributed by atoms with Crippen LogP contribution < -0.4 is 14.4 Å². The van der Waals surface area contributed by atoms with E-state index in [0.717, 1.165) is 54.1 Å². The highest BCUT2D eigenvalue weighted by molar-refractivity contribution is 7.92. The van der Waals surface area contributed by atoms with Crippen molar-refractivity contribution in [3.05, 3.63) is 90.2 Å². The quantitative estimate of drug-likeness (QED) is 0.283. The minimum Gasteiger partial charge on any atom is -0.494 e. The number of amides is 2. The molecule has 1 unspecified atom stereocenters. The number of rotatable bonds is 13. The number of carbonyl (C=O) groups is 2. The Morgan fingerprint density at radius 1 is 0.953 bits per heavy atom. The Morgan fingerprint density at radius 3 is 2.23 bits per heavy atom. The molecule has 0 aromatic heterocycles. The molecule has 0 saturated heterocycles. The van der Waals surface area contributed by atoms with Crippen LogP contribution in [0.4, 0.5) is 10.1 Å². The molecule has 0 spiro atoms. The van der Waals surface area contributed by atoms with Crippen LogP contribution >= 0.6 is 0 Å². The van der Waals surface area contributed by atoms with E-state index in [9.17, 15) is 22.4 Å². The van der Waals surface area contributed by atoms with Crippen LogP contribution in [-0.4, -0.2) is 56.9 Å². The molecule has 4 rings (SSSR count). The molecule has 1 N–H and O–H groups in total. The van der Waals surface area contributed by atoms with Gasteiger partial charge >= 0.3 is 0 Å². The number of hydrogen-bond donors (Lipinski definition) is 1. The molecule has 1 fully saturated rings. The van der Waals surface area contributed by atoms with Crippen molar-refractivity contribution in [2.45, 2.75) is 69.4 Å². The van der Waals surface area contributed by atoms with E-state index < -0.39 is 34.3 Å². The Morgan fingerprint density at radius 2 is 1.60 bits per heavy atom. The van der Waals surface area contributed by atoms with Gasteiger partial charge in [-0.05, 0) is 87.2 Å². The number of sulfonamides is 1. The Hall–Kier alpha value is -3.92. The van der Waals surface area contributed by atoms with Crippen molar-refractivity contribution in [2.24, 2.45) is 0 Å². The summed E-state index contributed by atoms with van der Waals surface area (Å²) < 4.78 is 47.9. The zero-order chi connectivity index (χ0) is 30.8. The van der Waals surface area contributed by atoms with Gasteiger partial charge in [0.05, 0.1) is 17.2 Å². The fraction of sp³-hybridized carbons (Fsp3) is 0.394. The number of anilines is 1. The number of halogens is 1. The van der Waals surface area contributed by atoms with Crippen molar-refractivity contribution in [3.63, 3.8) is 0 Å². The number of nitrogens with one attached hydrogen (secondary N) is 1. The molecule has 0 aliphatic heterocycles. The summed E-state index contributed by atoms with van der Waals surface area (Å²) in [5, 5.41) is 3.10. The molecule has 43 heavy (non-hydrogen) atoms. The van der Waals surface area contributed by atoms with Crippen LogP contribution in [0.1, 0.15) is 51.5 Å². The van der Waals surface area contributed by atoms with E-state index in [4.69, 9.17) is 4.74 Å². The Kier molecular flexibility index (Phi) is 11.2. The van der Waals surface area contributed by atoms with E-state index in [0.29, 0.717) is 18.8 Å². The Bertz CT molecular complexity index is 1440. The highest BCUT2D eigenvalue weighted by Crippen LogP contribution is 2.27. The SMILES string of the molecule is CCOc1ccc(N(CC(=O)N(CCc2ccccc2)C(C)C(=O)NC2CCCCC2)S(=O)(=O)c2ccc(F)cc2)cc1. The normalized spacial score (nSPS) is 14.5. The van der Waals surface area contributed by atoms with Crippen molar-refractivity contribution >= 4 is 27.5 Å². The van der Waals surface area contributed by atoms with Gasteiger partial charge in [-0.2, -0.15) is 0 Å². The molecule has 2 amide bonds. The lowest BCUT2D eigenvalue weighted by atomic mass is 9.95. The second-order valence-corrected chi connectivity index (χ2v) is 12.6. The van der Waals surface area contributed by atoms with Gasteiger partial charge in [0.25, 0.3) is 10.0 Å².